The third-order valence-corrected chi connectivity index (χ3v) is 7.64. The molecule has 3 heterocycles. The Hall–Kier alpha value is -4.31. The number of hydrogen-bond acceptors (Lipinski definition) is 6. The van der Waals surface area contributed by atoms with Crippen LogP contribution in [0.1, 0.15) is 43.5 Å². The summed E-state index contributed by atoms with van der Waals surface area (Å²) in [6.45, 7) is 12.4. The molecule has 0 bridgehead atoms. The molecule has 1 atom stereocenters. The zero-order chi connectivity index (χ0) is 30.7. The van der Waals surface area contributed by atoms with E-state index in [1.807, 2.05) is 25.7 Å². The molecule has 4 rings (SSSR count). The summed E-state index contributed by atoms with van der Waals surface area (Å²) in [5.74, 6) is -0.257. The lowest BCUT2D eigenvalue weighted by atomic mass is 10.0. The number of aromatic hydroxyl groups is 1. The molecule has 1 saturated heterocycles. The maximum Gasteiger partial charge on any atom is 0.246 e. The van der Waals surface area contributed by atoms with Crippen molar-refractivity contribution in [3.8, 4) is 17.0 Å². The Morgan fingerprint density at radius 1 is 1.31 bits per heavy atom. The summed E-state index contributed by atoms with van der Waals surface area (Å²) < 4.78 is 15.0. The zero-order valence-corrected chi connectivity index (χ0v) is 25.1. The minimum absolute atomic E-state index is 0.0906. The van der Waals surface area contributed by atoms with Gasteiger partial charge in [-0.3, -0.25) is 24.5 Å². The number of anilines is 2. The van der Waals surface area contributed by atoms with Gasteiger partial charge in [0.2, 0.25) is 12.3 Å². The third-order valence-electron chi connectivity index (χ3n) is 7.35. The highest BCUT2D eigenvalue weighted by molar-refractivity contribution is 6.33. The topological polar surface area (TPSA) is 102 Å². The van der Waals surface area contributed by atoms with E-state index in [0.29, 0.717) is 54.4 Å². The van der Waals surface area contributed by atoms with Gasteiger partial charge >= 0.3 is 0 Å². The van der Waals surface area contributed by atoms with E-state index in [2.05, 4.69) is 16.6 Å². The molecule has 1 unspecified atom stereocenters. The number of nitrogens with zero attached hydrogens (tertiary/aromatic N) is 6. The van der Waals surface area contributed by atoms with Gasteiger partial charge in [-0.05, 0) is 44.0 Å². The Morgan fingerprint density at radius 3 is 2.62 bits per heavy atom. The first kappa shape index (κ1) is 30.6. The van der Waals surface area contributed by atoms with Crippen molar-refractivity contribution in [2.45, 2.75) is 39.7 Å². The molecule has 42 heavy (non-hydrogen) atoms. The number of benzene rings is 1. The second kappa shape index (κ2) is 12.7. The van der Waals surface area contributed by atoms with E-state index < -0.39 is 5.82 Å². The summed E-state index contributed by atoms with van der Waals surface area (Å²) >= 11 is 6.77. The number of hydrogen-bond donors (Lipinski definition) is 1. The van der Waals surface area contributed by atoms with E-state index >= 15 is 0 Å². The summed E-state index contributed by atoms with van der Waals surface area (Å²) in [6, 6.07) is 7.58. The average Bonchev–Trinajstić information content (AvgIpc) is 2.97. The smallest absolute Gasteiger partial charge is 0.246 e. The predicted molar refractivity (Wildman–Crippen MR) is 163 cm³/mol. The quantitative estimate of drug-likeness (QED) is 0.169. The SMILES string of the molecule is C=CC(=O)N1CCN(C(=NC)c2cc(Cl)c(-c3ccccc3F)nc2N(C=O)c2c(C(C)C)ncc(O)c2C)C(C)C1. The van der Waals surface area contributed by atoms with Gasteiger partial charge in [0.25, 0.3) is 0 Å². The first-order valence-electron chi connectivity index (χ1n) is 13.6. The number of carbonyl (C=O) groups is 2. The highest BCUT2D eigenvalue weighted by Crippen LogP contribution is 2.40. The molecule has 11 heteroatoms. The van der Waals surface area contributed by atoms with Crippen molar-refractivity contribution < 1.29 is 19.1 Å². The standard InChI is InChI=1S/C31H34ClFN6O3/c1-7-26(42)37-12-13-38(19(4)16-37)30(34-6)22-14-23(32)28(21-10-8-9-11-24(21)33)36-31(22)39(17-40)29-20(5)25(41)15-35-27(29)18(2)3/h7-11,14-15,17-19,41H,1,12-13,16H2,2-6H3. The maximum atomic E-state index is 15.0. The summed E-state index contributed by atoms with van der Waals surface area (Å²) in [5.41, 5.74) is 2.07. The van der Waals surface area contributed by atoms with Crippen LogP contribution >= 0.6 is 11.6 Å². The number of halogens is 2. The molecule has 1 aliphatic rings. The largest absolute Gasteiger partial charge is 0.506 e. The van der Waals surface area contributed by atoms with Crippen LogP contribution in [-0.4, -0.2) is 75.8 Å². The molecule has 2 aromatic heterocycles. The number of carbonyl (C=O) groups excluding carboxylic acids is 2. The van der Waals surface area contributed by atoms with Crippen LogP contribution in [0.2, 0.25) is 5.02 Å². The lowest BCUT2D eigenvalue weighted by Gasteiger charge is -2.41. The van der Waals surface area contributed by atoms with E-state index in [1.165, 1.54) is 23.2 Å². The molecule has 9 nitrogen and oxygen atoms in total. The molecule has 0 radical (unpaired) electrons. The van der Waals surface area contributed by atoms with E-state index in [1.54, 1.807) is 43.1 Å². The molecule has 3 aromatic rings. The summed E-state index contributed by atoms with van der Waals surface area (Å²) in [6.07, 6.45) is 3.24. The lowest BCUT2D eigenvalue weighted by Crippen LogP contribution is -2.55. The number of pyridine rings is 2. The monoisotopic (exact) mass is 592 g/mol. The molecule has 1 N–H and O–H groups in total. The Kier molecular flexibility index (Phi) is 9.26. The van der Waals surface area contributed by atoms with Crippen LogP contribution in [0, 0.1) is 12.7 Å². The fourth-order valence-electron chi connectivity index (χ4n) is 5.21. The van der Waals surface area contributed by atoms with Crippen molar-refractivity contribution >= 4 is 41.3 Å². The molecule has 2 amide bonds. The zero-order valence-electron chi connectivity index (χ0n) is 24.3. The molecule has 1 aliphatic heterocycles. The fraction of sp³-hybridized carbons (Fsp3) is 0.323. The van der Waals surface area contributed by atoms with Crippen molar-refractivity contribution in [3.05, 3.63) is 76.8 Å². The van der Waals surface area contributed by atoms with Crippen molar-refractivity contribution in [2.24, 2.45) is 4.99 Å². The third kappa shape index (κ3) is 5.72. The van der Waals surface area contributed by atoms with Crippen LogP contribution in [0.15, 0.2) is 54.2 Å². The van der Waals surface area contributed by atoms with Crippen LogP contribution in [0.4, 0.5) is 15.9 Å². The first-order chi connectivity index (χ1) is 20.0. The van der Waals surface area contributed by atoms with Gasteiger partial charge < -0.3 is 14.9 Å². The normalized spacial score (nSPS) is 15.6. The fourth-order valence-corrected chi connectivity index (χ4v) is 5.46. The van der Waals surface area contributed by atoms with Crippen molar-refractivity contribution in [2.75, 3.05) is 31.6 Å². The Morgan fingerprint density at radius 2 is 2.02 bits per heavy atom. The van der Waals surface area contributed by atoms with E-state index in [0.717, 1.165) is 0 Å². The Labute approximate surface area is 250 Å². The molecule has 0 saturated carbocycles. The minimum atomic E-state index is -0.526. The van der Waals surface area contributed by atoms with Crippen molar-refractivity contribution in [1.82, 2.24) is 19.8 Å². The molecule has 1 fully saturated rings. The van der Waals surface area contributed by atoms with Crippen molar-refractivity contribution in [3.63, 3.8) is 0 Å². The highest BCUT2D eigenvalue weighted by atomic mass is 35.5. The van der Waals surface area contributed by atoms with Crippen LogP contribution in [-0.2, 0) is 9.59 Å². The average molecular weight is 593 g/mol. The first-order valence-corrected chi connectivity index (χ1v) is 13.9. The van der Waals surface area contributed by atoms with Crippen LogP contribution in [0.25, 0.3) is 11.3 Å². The van der Waals surface area contributed by atoms with Crippen molar-refractivity contribution in [1.29, 1.82) is 0 Å². The number of rotatable bonds is 7. The van der Waals surface area contributed by atoms with Gasteiger partial charge in [0.15, 0.2) is 5.82 Å². The molecular formula is C31H34ClFN6O3. The Balaban J connectivity index is 1.98. The van der Waals surface area contributed by atoms with Crippen LogP contribution in [0.3, 0.4) is 0 Å². The number of amides is 2. The summed E-state index contributed by atoms with van der Waals surface area (Å²) in [7, 11) is 1.62. The van der Waals surface area contributed by atoms with Gasteiger partial charge in [0.05, 0.1) is 33.9 Å². The Bertz CT molecular complexity index is 1560. The van der Waals surface area contributed by atoms with Gasteiger partial charge in [0.1, 0.15) is 17.4 Å². The van der Waals surface area contributed by atoms with Gasteiger partial charge in [-0.2, -0.15) is 0 Å². The van der Waals surface area contributed by atoms with E-state index in [9.17, 15) is 19.1 Å². The van der Waals surface area contributed by atoms with Gasteiger partial charge in [-0.15, -0.1) is 0 Å². The number of aliphatic imine (C=N–C) groups is 1. The predicted octanol–water partition coefficient (Wildman–Crippen LogP) is 5.46. The summed E-state index contributed by atoms with van der Waals surface area (Å²) in [5, 5.41) is 10.8. The lowest BCUT2D eigenvalue weighted by molar-refractivity contribution is -0.128. The molecule has 0 aliphatic carbocycles. The number of amidine groups is 1. The van der Waals surface area contributed by atoms with Crippen LogP contribution < -0.4 is 4.90 Å². The van der Waals surface area contributed by atoms with E-state index in [4.69, 9.17) is 16.6 Å². The molecule has 0 spiro atoms. The second-order valence-electron chi connectivity index (χ2n) is 10.4. The highest BCUT2D eigenvalue weighted by Gasteiger charge is 2.33. The van der Waals surface area contributed by atoms with Gasteiger partial charge in [-0.1, -0.05) is 44.2 Å². The second-order valence-corrected chi connectivity index (χ2v) is 10.8. The number of aromatic nitrogens is 2. The van der Waals surface area contributed by atoms with Crippen LogP contribution in [0.5, 0.6) is 5.75 Å². The maximum absolute atomic E-state index is 15.0. The summed E-state index contributed by atoms with van der Waals surface area (Å²) in [4.78, 5) is 44.1. The minimum Gasteiger partial charge on any atom is -0.506 e. The molecule has 1 aromatic carbocycles. The van der Waals surface area contributed by atoms with Gasteiger partial charge in [-0.25, -0.2) is 9.37 Å². The van der Waals surface area contributed by atoms with E-state index in [-0.39, 0.29) is 45.7 Å². The number of piperazine rings is 1. The van der Waals surface area contributed by atoms with Gasteiger partial charge in [0, 0.05) is 43.9 Å². The molecule has 220 valence electrons. The molecular weight excluding hydrogens is 559 g/mol.